The Morgan fingerprint density at radius 1 is 0.970 bits per heavy atom. The molecule has 2 aliphatic heterocycles. The Balaban J connectivity index is 1.24. The topological polar surface area (TPSA) is 79.9 Å². The SMILES string of the molecule is O=C(CNc1ccc(OCC2CCCO2)cc1)Nc1cccc(C(=O)N2CCCCCC2)c1. The quantitative estimate of drug-likeness (QED) is 0.625. The van der Waals surface area contributed by atoms with Gasteiger partial charge in [-0.2, -0.15) is 0 Å². The predicted molar refractivity (Wildman–Crippen MR) is 129 cm³/mol. The highest BCUT2D eigenvalue weighted by Gasteiger charge is 2.18. The average molecular weight is 452 g/mol. The Morgan fingerprint density at radius 3 is 2.48 bits per heavy atom. The molecule has 0 aromatic heterocycles. The van der Waals surface area contributed by atoms with E-state index in [1.165, 1.54) is 12.8 Å². The fourth-order valence-electron chi connectivity index (χ4n) is 4.21. The van der Waals surface area contributed by atoms with Gasteiger partial charge in [-0.25, -0.2) is 0 Å². The zero-order chi connectivity index (χ0) is 22.9. The number of hydrogen-bond acceptors (Lipinski definition) is 5. The third-order valence-electron chi connectivity index (χ3n) is 6.05. The first-order valence-electron chi connectivity index (χ1n) is 11.9. The Morgan fingerprint density at radius 2 is 1.76 bits per heavy atom. The summed E-state index contributed by atoms with van der Waals surface area (Å²) in [4.78, 5) is 27.2. The molecule has 2 aromatic rings. The third kappa shape index (κ3) is 6.96. The van der Waals surface area contributed by atoms with Gasteiger partial charge in [-0.05, 0) is 68.1 Å². The van der Waals surface area contributed by atoms with Crippen molar-refractivity contribution in [2.24, 2.45) is 0 Å². The molecule has 7 nitrogen and oxygen atoms in total. The van der Waals surface area contributed by atoms with E-state index in [1.807, 2.05) is 41.3 Å². The smallest absolute Gasteiger partial charge is 0.253 e. The van der Waals surface area contributed by atoms with Crippen molar-refractivity contribution in [3.05, 3.63) is 54.1 Å². The number of ether oxygens (including phenoxy) is 2. The van der Waals surface area contributed by atoms with Gasteiger partial charge in [-0.3, -0.25) is 9.59 Å². The lowest BCUT2D eigenvalue weighted by Gasteiger charge is -2.20. The van der Waals surface area contributed by atoms with Crippen LogP contribution in [0.1, 0.15) is 48.9 Å². The van der Waals surface area contributed by atoms with Crippen molar-refractivity contribution in [3.63, 3.8) is 0 Å². The first-order chi connectivity index (χ1) is 16.2. The van der Waals surface area contributed by atoms with Crippen molar-refractivity contribution < 1.29 is 19.1 Å². The lowest BCUT2D eigenvalue weighted by Crippen LogP contribution is -2.31. The van der Waals surface area contributed by atoms with Crippen LogP contribution in [0.2, 0.25) is 0 Å². The summed E-state index contributed by atoms with van der Waals surface area (Å²) in [6.45, 7) is 3.11. The lowest BCUT2D eigenvalue weighted by atomic mass is 10.1. The number of nitrogens with zero attached hydrogens (tertiary/aromatic N) is 1. The van der Waals surface area contributed by atoms with Crippen LogP contribution in [-0.4, -0.2) is 55.7 Å². The Kier molecular flexibility index (Phi) is 8.19. The summed E-state index contributed by atoms with van der Waals surface area (Å²) < 4.78 is 11.3. The molecule has 2 saturated heterocycles. The van der Waals surface area contributed by atoms with Crippen molar-refractivity contribution in [3.8, 4) is 5.75 Å². The number of anilines is 2. The van der Waals surface area contributed by atoms with Crippen LogP contribution in [0.5, 0.6) is 5.75 Å². The fourth-order valence-corrected chi connectivity index (χ4v) is 4.21. The second kappa shape index (κ2) is 11.7. The van der Waals surface area contributed by atoms with Gasteiger partial charge in [0.25, 0.3) is 5.91 Å². The van der Waals surface area contributed by atoms with Gasteiger partial charge in [0.15, 0.2) is 0 Å². The van der Waals surface area contributed by atoms with Crippen LogP contribution in [0.3, 0.4) is 0 Å². The molecule has 0 bridgehead atoms. The summed E-state index contributed by atoms with van der Waals surface area (Å²) in [5.41, 5.74) is 2.07. The number of amides is 2. The van der Waals surface area contributed by atoms with Crippen molar-refractivity contribution in [2.75, 3.05) is 43.5 Å². The Bertz CT molecular complexity index is 917. The highest BCUT2D eigenvalue weighted by Crippen LogP contribution is 2.19. The molecule has 0 radical (unpaired) electrons. The normalized spacial score (nSPS) is 18.4. The summed E-state index contributed by atoms with van der Waals surface area (Å²) in [5.74, 6) is 0.646. The van der Waals surface area contributed by atoms with Gasteiger partial charge in [0.2, 0.25) is 5.91 Å². The summed E-state index contributed by atoms with van der Waals surface area (Å²) >= 11 is 0. The molecule has 0 aliphatic carbocycles. The first-order valence-corrected chi connectivity index (χ1v) is 11.9. The van der Waals surface area contributed by atoms with E-state index < -0.39 is 0 Å². The second-order valence-corrected chi connectivity index (χ2v) is 8.66. The maximum Gasteiger partial charge on any atom is 0.253 e. The maximum atomic E-state index is 12.8. The largest absolute Gasteiger partial charge is 0.491 e. The van der Waals surface area contributed by atoms with E-state index in [9.17, 15) is 9.59 Å². The monoisotopic (exact) mass is 451 g/mol. The molecule has 0 saturated carbocycles. The predicted octanol–water partition coefficient (Wildman–Crippen LogP) is 4.31. The van der Waals surface area contributed by atoms with Crippen LogP contribution in [-0.2, 0) is 9.53 Å². The molecule has 33 heavy (non-hydrogen) atoms. The maximum absolute atomic E-state index is 12.8. The first kappa shape index (κ1) is 23.1. The summed E-state index contributed by atoms with van der Waals surface area (Å²) in [7, 11) is 0. The van der Waals surface area contributed by atoms with E-state index in [0.29, 0.717) is 17.9 Å². The highest BCUT2D eigenvalue weighted by atomic mass is 16.5. The van der Waals surface area contributed by atoms with Crippen LogP contribution in [0.4, 0.5) is 11.4 Å². The van der Waals surface area contributed by atoms with E-state index >= 15 is 0 Å². The van der Waals surface area contributed by atoms with Crippen molar-refractivity contribution in [2.45, 2.75) is 44.6 Å². The van der Waals surface area contributed by atoms with Crippen LogP contribution in [0, 0.1) is 0 Å². The molecule has 1 unspecified atom stereocenters. The van der Waals surface area contributed by atoms with E-state index in [2.05, 4.69) is 10.6 Å². The number of likely N-dealkylation sites (tertiary alicyclic amines) is 1. The van der Waals surface area contributed by atoms with Crippen molar-refractivity contribution in [1.29, 1.82) is 0 Å². The summed E-state index contributed by atoms with van der Waals surface area (Å²) in [6, 6.07) is 14.7. The van der Waals surface area contributed by atoms with Gasteiger partial charge in [0.1, 0.15) is 12.4 Å². The van der Waals surface area contributed by atoms with Gasteiger partial charge in [0.05, 0.1) is 12.6 Å². The van der Waals surface area contributed by atoms with E-state index in [0.717, 1.165) is 56.8 Å². The molecule has 1 atom stereocenters. The Labute approximate surface area is 195 Å². The molecule has 2 heterocycles. The van der Waals surface area contributed by atoms with Gasteiger partial charge < -0.3 is 25.0 Å². The van der Waals surface area contributed by atoms with Crippen LogP contribution < -0.4 is 15.4 Å². The molecule has 2 amide bonds. The minimum absolute atomic E-state index is 0.0351. The van der Waals surface area contributed by atoms with Gasteiger partial charge in [-0.1, -0.05) is 18.9 Å². The van der Waals surface area contributed by atoms with Crippen LogP contribution in [0.25, 0.3) is 0 Å². The van der Waals surface area contributed by atoms with Crippen molar-refractivity contribution in [1.82, 2.24) is 4.90 Å². The highest BCUT2D eigenvalue weighted by molar-refractivity contribution is 5.98. The molecular weight excluding hydrogens is 418 g/mol. The lowest BCUT2D eigenvalue weighted by molar-refractivity contribution is -0.114. The van der Waals surface area contributed by atoms with Crippen molar-refractivity contribution >= 4 is 23.2 Å². The second-order valence-electron chi connectivity index (χ2n) is 8.66. The zero-order valence-corrected chi connectivity index (χ0v) is 19.1. The van der Waals surface area contributed by atoms with Crippen LogP contribution in [0.15, 0.2) is 48.5 Å². The molecule has 2 N–H and O–H groups in total. The molecule has 2 aliphatic rings. The number of hydrogen-bond donors (Lipinski definition) is 2. The number of nitrogens with one attached hydrogen (secondary N) is 2. The van der Waals surface area contributed by atoms with E-state index in [4.69, 9.17) is 9.47 Å². The fraction of sp³-hybridized carbons (Fsp3) is 0.462. The zero-order valence-electron chi connectivity index (χ0n) is 19.1. The number of rotatable bonds is 8. The van der Waals surface area contributed by atoms with Crippen LogP contribution >= 0.6 is 0 Å². The van der Waals surface area contributed by atoms with E-state index in [-0.39, 0.29) is 24.5 Å². The molecule has 4 rings (SSSR count). The standard InChI is InChI=1S/C26H33N3O4/c30-25(18-27-21-10-12-23(13-11-21)33-19-24-9-6-16-32-24)28-22-8-5-7-20(17-22)26(31)29-14-3-1-2-4-15-29/h5,7-8,10-13,17,24,27H,1-4,6,9,14-16,18-19H2,(H,28,30). The number of carbonyl (C=O) groups excluding carboxylic acids is 2. The molecular formula is C26H33N3O4. The molecule has 0 spiro atoms. The number of benzene rings is 2. The van der Waals surface area contributed by atoms with Gasteiger partial charge in [-0.15, -0.1) is 0 Å². The molecule has 2 fully saturated rings. The summed E-state index contributed by atoms with van der Waals surface area (Å²) in [6.07, 6.45) is 6.79. The third-order valence-corrected chi connectivity index (χ3v) is 6.05. The number of carbonyl (C=O) groups is 2. The summed E-state index contributed by atoms with van der Waals surface area (Å²) in [5, 5.41) is 5.99. The van der Waals surface area contributed by atoms with Gasteiger partial charge in [0, 0.05) is 36.6 Å². The minimum atomic E-state index is -0.173. The molecule has 2 aromatic carbocycles. The molecule has 176 valence electrons. The Hall–Kier alpha value is -3.06. The molecule has 7 heteroatoms. The van der Waals surface area contributed by atoms with Gasteiger partial charge >= 0.3 is 0 Å². The minimum Gasteiger partial charge on any atom is -0.491 e. The average Bonchev–Trinajstić information content (AvgIpc) is 3.22. The van der Waals surface area contributed by atoms with E-state index in [1.54, 1.807) is 12.1 Å².